The van der Waals surface area contributed by atoms with E-state index in [9.17, 15) is 8.42 Å². The number of hydrogen-bond acceptors (Lipinski definition) is 6. The number of fused-ring (bicyclic) bond motifs is 2. The number of pyridine rings is 1. The first-order valence-electron chi connectivity index (χ1n) is 9.88. The molecule has 2 aromatic heterocycles. The number of hydrogen-bond donors (Lipinski definition) is 0. The standard InChI is InChI=1S/C21H23N5O3S/c1-24-11-17(10-23-24)12-25-14-18-19(15-25)29-21-20(8-5-9-22-21)30(27,28)26(18)13-16-6-3-2-4-7-16/h2-11,18-19H,12-15H2,1H3/t18-,19+/m1/s1. The molecule has 2 atom stereocenters. The van der Waals surface area contributed by atoms with Crippen LogP contribution in [-0.2, 0) is 30.2 Å². The number of rotatable bonds is 4. The molecule has 0 spiro atoms. The predicted molar refractivity (Wildman–Crippen MR) is 110 cm³/mol. The minimum atomic E-state index is -3.76. The van der Waals surface area contributed by atoms with Crippen LogP contribution in [0.3, 0.4) is 0 Å². The maximum Gasteiger partial charge on any atom is 0.249 e. The van der Waals surface area contributed by atoms with E-state index in [0.29, 0.717) is 26.2 Å². The molecule has 30 heavy (non-hydrogen) atoms. The molecule has 0 aliphatic carbocycles. The number of nitrogens with zero attached hydrogens (tertiary/aromatic N) is 5. The molecule has 3 aromatic rings. The van der Waals surface area contributed by atoms with E-state index in [0.717, 1.165) is 11.1 Å². The molecule has 0 amide bonds. The molecule has 0 saturated carbocycles. The van der Waals surface area contributed by atoms with Gasteiger partial charge in [-0.2, -0.15) is 9.40 Å². The Kier molecular flexibility index (Phi) is 4.80. The zero-order chi connectivity index (χ0) is 20.7. The van der Waals surface area contributed by atoms with Gasteiger partial charge in [-0.1, -0.05) is 30.3 Å². The van der Waals surface area contributed by atoms with Crippen molar-refractivity contribution in [3.8, 4) is 5.88 Å². The highest BCUT2D eigenvalue weighted by Crippen LogP contribution is 2.36. The van der Waals surface area contributed by atoms with Crippen molar-refractivity contribution in [2.45, 2.75) is 30.1 Å². The van der Waals surface area contributed by atoms with Gasteiger partial charge in [-0.3, -0.25) is 9.58 Å². The van der Waals surface area contributed by atoms with Crippen molar-refractivity contribution in [2.24, 2.45) is 7.05 Å². The molecule has 0 N–H and O–H groups in total. The molecule has 0 unspecified atom stereocenters. The number of ether oxygens (including phenoxy) is 1. The van der Waals surface area contributed by atoms with E-state index in [1.54, 1.807) is 27.3 Å². The lowest BCUT2D eigenvalue weighted by atomic mass is 10.1. The fourth-order valence-electron chi connectivity index (χ4n) is 4.24. The highest BCUT2D eigenvalue weighted by molar-refractivity contribution is 7.89. The molecular weight excluding hydrogens is 402 g/mol. The van der Waals surface area contributed by atoms with Gasteiger partial charge in [-0.15, -0.1) is 0 Å². The summed E-state index contributed by atoms with van der Waals surface area (Å²) in [6.45, 7) is 2.19. The van der Waals surface area contributed by atoms with Crippen molar-refractivity contribution in [1.29, 1.82) is 0 Å². The summed E-state index contributed by atoms with van der Waals surface area (Å²) in [5.41, 5.74) is 2.03. The van der Waals surface area contributed by atoms with Gasteiger partial charge >= 0.3 is 0 Å². The van der Waals surface area contributed by atoms with E-state index in [1.807, 2.05) is 49.8 Å². The Morgan fingerprint density at radius 1 is 1.07 bits per heavy atom. The Bertz CT molecular complexity index is 1150. The second kappa shape index (κ2) is 7.50. The van der Waals surface area contributed by atoms with Gasteiger partial charge in [0.15, 0.2) is 0 Å². The van der Waals surface area contributed by atoms with Crippen molar-refractivity contribution >= 4 is 10.0 Å². The first-order valence-corrected chi connectivity index (χ1v) is 11.3. The van der Waals surface area contributed by atoms with Crippen LogP contribution < -0.4 is 4.74 Å². The molecule has 1 aromatic carbocycles. The molecule has 2 aliphatic rings. The van der Waals surface area contributed by atoms with E-state index in [2.05, 4.69) is 15.0 Å². The monoisotopic (exact) mass is 425 g/mol. The summed E-state index contributed by atoms with van der Waals surface area (Å²) in [5, 5.41) is 4.23. The smallest absolute Gasteiger partial charge is 0.249 e. The van der Waals surface area contributed by atoms with Crippen LogP contribution in [-0.4, -0.2) is 57.6 Å². The van der Waals surface area contributed by atoms with Gasteiger partial charge in [0.05, 0.1) is 12.2 Å². The average molecular weight is 426 g/mol. The Hall–Kier alpha value is -2.75. The third-order valence-corrected chi connectivity index (χ3v) is 7.50. The second-order valence-electron chi connectivity index (χ2n) is 7.78. The second-order valence-corrected chi connectivity index (χ2v) is 9.64. The highest BCUT2D eigenvalue weighted by atomic mass is 32.2. The van der Waals surface area contributed by atoms with Crippen LogP contribution in [0.25, 0.3) is 0 Å². The van der Waals surface area contributed by atoms with Crippen LogP contribution in [0.5, 0.6) is 5.88 Å². The van der Waals surface area contributed by atoms with Crippen LogP contribution in [0.1, 0.15) is 11.1 Å². The molecular formula is C21H23N5O3S. The minimum absolute atomic E-state index is 0.133. The van der Waals surface area contributed by atoms with Gasteiger partial charge in [-0.25, -0.2) is 13.4 Å². The summed E-state index contributed by atoms with van der Waals surface area (Å²) in [7, 11) is -1.87. The van der Waals surface area contributed by atoms with Crippen molar-refractivity contribution in [1.82, 2.24) is 24.0 Å². The number of likely N-dealkylation sites (tertiary alicyclic amines) is 1. The highest BCUT2D eigenvalue weighted by Gasteiger charge is 2.47. The topological polar surface area (TPSA) is 80.6 Å². The van der Waals surface area contributed by atoms with Crippen LogP contribution in [0, 0.1) is 0 Å². The van der Waals surface area contributed by atoms with Crippen molar-refractivity contribution in [2.75, 3.05) is 13.1 Å². The summed E-state index contributed by atoms with van der Waals surface area (Å²) in [5.74, 6) is 0.186. The van der Waals surface area contributed by atoms with Gasteiger partial charge in [-0.05, 0) is 17.7 Å². The molecule has 4 heterocycles. The largest absolute Gasteiger partial charge is 0.470 e. The number of benzene rings is 1. The summed E-state index contributed by atoms with van der Waals surface area (Å²) in [6, 6.07) is 12.6. The Balaban J connectivity index is 1.50. The molecule has 0 radical (unpaired) electrons. The first-order chi connectivity index (χ1) is 14.5. The molecule has 2 aliphatic heterocycles. The van der Waals surface area contributed by atoms with E-state index in [1.165, 1.54) is 0 Å². The molecule has 9 heteroatoms. The fourth-order valence-corrected chi connectivity index (χ4v) is 5.94. The van der Waals surface area contributed by atoms with E-state index in [4.69, 9.17) is 4.74 Å². The normalized spacial score (nSPS) is 23.4. The average Bonchev–Trinajstić information content (AvgIpc) is 3.31. The number of sulfonamides is 1. The first kappa shape index (κ1) is 19.2. The number of aryl methyl sites for hydroxylation is 1. The van der Waals surface area contributed by atoms with Crippen molar-refractivity contribution in [3.05, 3.63) is 72.2 Å². The minimum Gasteiger partial charge on any atom is -0.470 e. The maximum atomic E-state index is 13.6. The molecule has 0 bridgehead atoms. The van der Waals surface area contributed by atoms with E-state index in [-0.39, 0.29) is 22.9 Å². The van der Waals surface area contributed by atoms with Crippen LogP contribution in [0.15, 0.2) is 66.0 Å². The third kappa shape index (κ3) is 3.49. The SMILES string of the molecule is Cn1cc(CN2C[C@@H]3Oc4ncccc4S(=O)(=O)N(Cc4ccccc4)[C@@H]3C2)cn1. The fraction of sp³-hybridized carbons (Fsp3) is 0.333. The zero-order valence-electron chi connectivity index (χ0n) is 16.6. The van der Waals surface area contributed by atoms with Crippen LogP contribution >= 0.6 is 0 Å². The number of aromatic nitrogens is 3. The van der Waals surface area contributed by atoms with Gasteiger partial charge in [0, 0.05) is 51.2 Å². The molecule has 1 fully saturated rings. The summed E-state index contributed by atoms with van der Waals surface area (Å²) < 4.78 is 36.7. The van der Waals surface area contributed by atoms with E-state index >= 15 is 0 Å². The van der Waals surface area contributed by atoms with E-state index < -0.39 is 10.0 Å². The third-order valence-electron chi connectivity index (χ3n) is 5.61. The Labute approximate surface area is 175 Å². The van der Waals surface area contributed by atoms with Crippen LogP contribution in [0.2, 0.25) is 0 Å². The lowest BCUT2D eigenvalue weighted by Gasteiger charge is -2.28. The van der Waals surface area contributed by atoms with Gasteiger partial charge < -0.3 is 4.74 Å². The maximum absolute atomic E-state index is 13.6. The lowest BCUT2D eigenvalue weighted by Crippen LogP contribution is -2.46. The quantitative estimate of drug-likeness (QED) is 0.632. The lowest BCUT2D eigenvalue weighted by molar-refractivity contribution is 0.144. The summed E-state index contributed by atoms with van der Waals surface area (Å²) in [4.78, 5) is 6.58. The molecule has 156 valence electrons. The zero-order valence-corrected chi connectivity index (χ0v) is 17.4. The Morgan fingerprint density at radius 2 is 1.90 bits per heavy atom. The van der Waals surface area contributed by atoms with Gasteiger partial charge in [0.25, 0.3) is 0 Å². The predicted octanol–water partition coefficient (Wildman–Crippen LogP) is 1.65. The van der Waals surface area contributed by atoms with Gasteiger partial charge in [0.2, 0.25) is 15.9 Å². The Morgan fingerprint density at radius 3 is 2.67 bits per heavy atom. The van der Waals surface area contributed by atoms with Crippen molar-refractivity contribution < 1.29 is 13.2 Å². The molecule has 1 saturated heterocycles. The van der Waals surface area contributed by atoms with Crippen LogP contribution in [0.4, 0.5) is 0 Å². The summed E-state index contributed by atoms with van der Waals surface area (Å²) in [6.07, 6.45) is 5.09. The summed E-state index contributed by atoms with van der Waals surface area (Å²) >= 11 is 0. The van der Waals surface area contributed by atoms with Crippen molar-refractivity contribution in [3.63, 3.8) is 0 Å². The molecule has 8 nitrogen and oxygen atoms in total. The van der Waals surface area contributed by atoms with Gasteiger partial charge in [0.1, 0.15) is 11.0 Å². The molecule has 5 rings (SSSR count).